The normalized spacial score (nSPS) is 16.5. The standard InChI is InChI=1S/C20H29ClN6O2S/c1-20(8-4-5-9-20)27(11-10-26(2)3)30(28,29)14-6-7-15-16(12-14)18(25-19(22)23)24-13-17(15)21/h6-7,12-13H,4-5,8-11H2,1-3H3,(H4,22,23,24,25). The number of likely N-dealkylation sites (N-methyl/N-ethyl adjacent to an activating group) is 1. The lowest BCUT2D eigenvalue weighted by Crippen LogP contribution is -2.50. The Balaban J connectivity index is 2.14. The Labute approximate surface area is 183 Å². The first-order valence-electron chi connectivity index (χ1n) is 9.90. The van der Waals surface area contributed by atoms with Crippen molar-refractivity contribution in [2.75, 3.05) is 27.2 Å². The first kappa shape index (κ1) is 22.7. The van der Waals surface area contributed by atoms with Crippen molar-refractivity contribution in [3.8, 4) is 0 Å². The predicted molar refractivity (Wildman–Crippen MR) is 122 cm³/mol. The van der Waals surface area contributed by atoms with Gasteiger partial charge in [-0.25, -0.2) is 13.4 Å². The van der Waals surface area contributed by atoms with Crippen LogP contribution in [0.15, 0.2) is 34.3 Å². The topological polar surface area (TPSA) is 118 Å². The minimum absolute atomic E-state index is 0.162. The van der Waals surface area contributed by atoms with Gasteiger partial charge < -0.3 is 16.4 Å². The maximum Gasteiger partial charge on any atom is 0.243 e. The summed E-state index contributed by atoms with van der Waals surface area (Å²) in [5, 5.41) is 1.52. The molecular weight excluding hydrogens is 424 g/mol. The van der Waals surface area contributed by atoms with E-state index in [9.17, 15) is 8.42 Å². The Morgan fingerprint density at radius 1 is 1.20 bits per heavy atom. The number of rotatable bonds is 7. The third-order valence-corrected chi connectivity index (χ3v) is 8.00. The molecule has 0 saturated heterocycles. The molecule has 1 aromatic carbocycles. The molecule has 1 saturated carbocycles. The van der Waals surface area contributed by atoms with Gasteiger partial charge in [0.25, 0.3) is 0 Å². The summed E-state index contributed by atoms with van der Waals surface area (Å²) in [6.07, 6.45) is 5.19. The molecule has 2 aromatic rings. The Kier molecular flexibility index (Phi) is 6.57. The van der Waals surface area contributed by atoms with E-state index in [1.807, 2.05) is 25.9 Å². The van der Waals surface area contributed by atoms with E-state index in [0.29, 0.717) is 28.9 Å². The first-order chi connectivity index (χ1) is 14.0. The van der Waals surface area contributed by atoms with E-state index in [2.05, 4.69) is 9.98 Å². The van der Waals surface area contributed by atoms with Gasteiger partial charge in [-0.05, 0) is 46.0 Å². The van der Waals surface area contributed by atoms with Crippen molar-refractivity contribution in [1.82, 2.24) is 14.2 Å². The van der Waals surface area contributed by atoms with Crippen LogP contribution < -0.4 is 11.5 Å². The maximum absolute atomic E-state index is 13.8. The highest BCUT2D eigenvalue weighted by Gasteiger charge is 2.42. The van der Waals surface area contributed by atoms with Crippen LogP contribution in [-0.2, 0) is 10.0 Å². The molecule has 1 aliphatic rings. The molecule has 1 fully saturated rings. The van der Waals surface area contributed by atoms with Crippen LogP contribution in [0.1, 0.15) is 32.6 Å². The second-order valence-electron chi connectivity index (χ2n) is 8.26. The van der Waals surface area contributed by atoms with Gasteiger partial charge >= 0.3 is 0 Å². The zero-order chi connectivity index (χ0) is 22.1. The second-order valence-corrected chi connectivity index (χ2v) is 10.5. The smallest absolute Gasteiger partial charge is 0.243 e. The van der Waals surface area contributed by atoms with Crippen LogP contribution in [0.25, 0.3) is 10.8 Å². The van der Waals surface area contributed by atoms with Crippen molar-refractivity contribution in [3.63, 3.8) is 0 Å². The van der Waals surface area contributed by atoms with Gasteiger partial charge in [-0.3, -0.25) is 0 Å². The molecule has 0 amide bonds. The summed E-state index contributed by atoms with van der Waals surface area (Å²) in [5.74, 6) is 0.0730. The van der Waals surface area contributed by atoms with Gasteiger partial charge in [0.1, 0.15) is 0 Å². The van der Waals surface area contributed by atoms with E-state index >= 15 is 0 Å². The summed E-state index contributed by atoms with van der Waals surface area (Å²) in [7, 11) is 0.112. The third kappa shape index (κ3) is 4.54. The Morgan fingerprint density at radius 3 is 2.47 bits per heavy atom. The van der Waals surface area contributed by atoms with Crippen molar-refractivity contribution in [3.05, 3.63) is 29.4 Å². The lowest BCUT2D eigenvalue weighted by molar-refractivity contribution is 0.195. The Morgan fingerprint density at radius 2 is 1.87 bits per heavy atom. The van der Waals surface area contributed by atoms with Crippen LogP contribution in [0.4, 0.5) is 5.82 Å². The fourth-order valence-electron chi connectivity index (χ4n) is 4.03. The average Bonchev–Trinajstić information content (AvgIpc) is 3.10. The van der Waals surface area contributed by atoms with E-state index in [4.69, 9.17) is 23.1 Å². The number of nitrogens with zero attached hydrogens (tertiary/aromatic N) is 4. The quantitative estimate of drug-likeness (QED) is 0.492. The molecule has 164 valence electrons. The Hall–Kier alpha value is -1.94. The molecule has 8 nitrogen and oxygen atoms in total. The van der Waals surface area contributed by atoms with Crippen molar-refractivity contribution >= 4 is 44.2 Å². The number of aromatic nitrogens is 1. The number of fused-ring (bicyclic) bond motifs is 1. The number of aliphatic imine (C=N–C) groups is 1. The molecule has 0 atom stereocenters. The van der Waals surface area contributed by atoms with Crippen LogP contribution in [0.3, 0.4) is 0 Å². The number of guanidine groups is 1. The van der Waals surface area contributed by atoms with Crippen LogP contribution in [-0.4, -0.2) is 61.3 Å². The zero-order valence-electron chi connectivity index (χ0n) is 17.6. The molecular formula is C20H29ClN6O2S. The monoisotopic (exact) mass is 452 g/mol. The molecule has 1 heterocycles. The fourth-order valence-corrected chi connectivity index (χ4v) is 6.09. The van der Waals surface area contributed by atoms with Crippen LogP contribution in [0.5, 0.6) is 0 Å². The van der Waals surface area contributed by atoms with Gasteiger partial charge in [-0.15, -0.1) is 0 Å². The number of pyridine rings is 1. The number of nitrogens with two attached hydrogens (primary N) is 2. The third-order valence-electron chi connectivity index (χ3n) is 5.65. The molecule has 0 unspecified atom stereocenters. The van der Waals surface area contributed by atoms with E-state index in [0.717, 1.165) is 25.7 Å². The Bertz CT molecular complexity index is 1060. The van der Waals surface area contributed by atoms with Crippen LogP contribution in [0.2, 0.25) is 5.02 Å². The molecule has 4 N–H and O–H groups in total. The van der Waals surface area contributed by atoms with Crippen molar-refractivity contribution in [1.29, 1.82) is 0 Å². The second kappa shape index (κ2) is 8.66. The molecule has 0 bridgehead atoms. The molecule has 0 spiro atoms. The fraction of sp³-hybridized carbons (Fsp3) is 0.500. The van der Waals surface area contributed by atoms with E-state index in [1.165, 1.54) is 6.20 Å². The summed E-state index contributed by atoms with van der Waals surface area (Å²) in [5.41, 5.74) is 10.6. The lowest BCUT2D eigenvalue weighted by atomic mass is 10.0. The predicted octanol–water partition coefficient (Wildman–Crippen LogP) is 2.68. The summed E-state index contributed by atoms with van der Waals surface area (Å²) in [6, 6.07) is 4.83. The highest BCUT2D eigenvalue weighted by atomic mass is 35.5. The van der Waals surface area contributed by atoms with Crippen molar-refractivity contribution in [2.24, 2.45) is 16.5 Å². The molecule has 30 heavy (non-hydrogen) atoms. The van der Waals surface area contributed by atoms with Gasteiger partial charge in [0, 0.05) is 35.6 Å². The summed E-state index contributed by atoms with van der Waals surface area (Å²) in [6.45, 7) is 3.09. The number of hydrogen-bond donors (Lipinski definition) is 2. The largest absolute Gasteiger partial charge is 0.370 e. The molecule has 3 rings (SSSR count). The lowest BCUT2D eigenvalue weighted by Gasteiger charge is -2.38. The average molecular weight is 453 g/mol. The minimum Gasteiger partial charge on any atom is -0.370 e. The molecule has 1 aliphatic carbocycles. The molecule has 0 aliphatic heterocycles. The van der Waals surface area contributed by atoms with E-state index in [-0.39, 0.29) is 16.7 Å². The van der Waals surface area contributed by atoms with Crippen LogP contribution >= 0.6 is 11.6 Å². The minimum atomic E-state index is -3.76. The maximum atomic E-state index is 13.8. The van der Waals surface area contributed by atoms with Gasteiger partial charge in [0.15, 0.2) is 11.8 Å². The van der Waals surface area contributed by atoms with E-state index in [1.54, 1.807) is 22.5 Å². The number of hydrogen-bond acceptors (Lipinski definition) is 5. The van der Waals surface area contributed by atoms with Gasteiger partial charge in [0.2, 0.25) is 10.0 Å². The molecule has 0 radical (unpaired) electrons. The van der Waals surface area contributed by atoms with Gasteiger partial charge in [0.05, 0.1) is 9.92 Å². The van der Waals surface area contributed by atoms with Gasteiger partial charge in [-0.2, -0.15) is 9.30 Å². The van der Waals surface area contributed by atoms with Crippen molar-refractivity contribution < 1.29 is 8.42 Å². The first-order valence-corrected chi connectivity index (χ1v) is 11.7. The summed E-state index contributed by atoms with van der Waals surface area (Å²) >= 11 is 6.27. The molecule has 1 aromatic heterocycles. The van der Waals surface area contributed by atoms with Crippen LogP contribution in [0, 0.1) is 0 Å². The van der Waals surface area contributed by atoms with Gasteiger partial charge in [-0.1, -0.05) is 30.5 Å². The zero-order valence-corrected chi connectivity index (χ0v) is 19.2. The SMILES string of the molecule is CN(C)CCN(C1(C)CCCC1)S(=O)(=O)c1ccc2c(Cl)cnc(N=C(N)N)c2c1. The molecule has 10 heteroatoms. The highest BCUT2D eigenvalue weighted by molar-refractivity contribution is 7.89. The van der Waals surface area contributed by atoms with E-state index < -0.39 is 15.6 Å². The summed E-state index contributed by atoms with van der Waals surface area (Å²) in [4.78, 5) is 10.4. The number of benzene rings is 1. The number of sulfonamides is 1. The highest BCUT2D eigenvalue weighted by Crippen LogP contribution is 2.39. The number of halogens is 1. The van der Waals surface area contributed by atoms with Crippen molar-refractivity contribution in [2.45, 2.75) is 43.0 Å². The summed E-state index contributed by atoms with van der Waals surface area (Å²) < 4.78 is 29.2.